The van der Waals surface area contributed by atoms with Crippen LogP contribution in [0.5, 0.6) is 0 Å². The molecule has 0 unspecified atom stereocenters. The molecule has 0 saturated carbocycles. The van der Waals surface area contributed by atoms with Crippen molar-refractivity contribution < 1.29 is 23.9 Å². The van der Waals surface area contributed by atoms with Gasteiger partial charge in [-0.05, 0) is 41.6 Å². The third-order valence-electron chi connectivity index (χ3n) is 4.68. The highest BCUT2D eigenvalue weighted by molar-refractivity contribution is 8.18. The molecule has 1 fully saturated rings. The van der Waals surface area contributed by atoms with E-state index in [0.717, 1.165) is 16.7 Å². The molecule has 2 heterocycles. The van der Waals surface area contributed by atoms with Gasteiger partial charge >= 0.3 is 0 Å². The van der Waals surface area contributed by atoms with Gasteiger partial charge in [0.05, 0.1) is 26.9 Å². The Bertz CT molecular complexity index is 1330. The molecule has 166 valence electrons. The third kappa shape index (κ3) is 4.64. The van der Waals surface area contributed by atoms with Crippen molar-refractivity contribution in [2.75, 3.05) is 0 Å². The van der Waals surface area contributed by atoms with Crippen molar-refractivity contribution in [1.29, 1.82) is 0 Å². The van der Waals surface area contributed by atoms with Crippen LogP contribution in [0.1, 0.15) is 11.3 Å². The molecule has 1 aliphatic rings. The number of hydrogen-bond donors (Lipinski definition) is 0. The van der Waals surface area contributed by atoms with Gasteiger partial charge in [0.25, 0.3) is 22.5 Å². The molecular formula is C21H12ClN3O7S. The summed E-state index contributed by atoms with van der Waals surface area (Å²) in [7, 11) is 0. The molecule has 0 N–H and O–H groups in total. The number of amides is 2. The van der Waals surface area contributed by atoms with Crippen molar-refractivity contribution in [2.24, 2.45) is 0 Å². The number of thioether (sulfide) groups is 1. The standard InChI is InChI=1S/C21H12ClN3O7S/c22-13-3-7-16(17(9-13)25(30)31)18-8-6-15(32-18)10-19-20(26)23(21(27)33-19)11-12-1-4-14(5-2-12)24(28)29/h1-10H,11H2/b19-10+. The van der Waals surface area contributed by atoms with E-state index in [9.17, 15) is 29.8 Å². The smallest absolute Gasteiger partial charge is 0.293 e. The number of carbonyl (C=O) groups excluding carboxylic acids is 2. The van der Waals surface area contributed by atoms with Crippen LogP contribution in [0.2, 0.25) is 5.02 Å². The summed E-state index contributed by atoms with van der Waals surface area (Å²) in [6.07, 6.45) is 1.38. The van der Waals surface area contributed by atoms with E-state index in [-0.39, 0.29) is 44.9 Å². The molecule has 0 bridgehead atoms. The average Bonchev–Trinajstić information content (AvgIpc) is 3.34. The molecule has 12 heteroatoms. The lowest BCUT2D eigenvalue weighted by Crippen LogP contribution is -2.27. The molecule has 0 aliphatic carbocycles. The van der Waals surface area contributed by atoms with Gasteiger partial charge in [0, 0.05) is 29.3 Å². The molecule has 1 saturated heterocycles. The molecule has 33 heavy (non-hydrogen) atoms. The lowest BCUT2D eigenvalue weighted by Gasteiger charge is -2.12. The second kappa shape index (κ2) is 8.88. The predicted molar refractivity (Wildman–Crippen MR) is 120 cm³/mol. The zero-order valence-electron chi connectivity index (χ0n) is 16.5. The lowest BCUT2D eigenvalue weighted by atomic mass is 10.1. The maximum Gasteiger partial charge on any atom is 0.293 e. The quantitative estimate of drug-likeness (QED) is 0.248. The number of carbonyl (C=O) groups is 2. The second-order valence-electron chi connectivity index (χ2n) is 6.81. The molecule has 1 aliphatic heterocycles. The Kier molecular flexibility index (Phi) is 5.99. The average molecular weight is 486 g/mol. The van der Waals surface area contributed by atoms with Gasteiger partial charge < -0.3 is 4.42 Å². The summed E-state index contributed by atoms with van der Waals surface area (Å²) in [5.41, 5.74) is 0.448. The Balaban J connectivity index is 1.54. The number of nitro benzene ring substituents is 2. The number of nitrogens with zero attached hydrogens (tertiary/aromatic N) is 3. The van der Waals surface area contributed by atoms with Crippen LogP contribution in [-0.2, 0) is 11.3 Å². The van der Waals surface area contributed by atoms with E-state index in [0.29, 0.717) is 5.56 Å². The fourth-order valence-corrected chi connectivity index (χ4v) is 4.10. The number of non-ortho nitro benzene ring substituents is 1. The van der Waals surface area contributed by atoms with Gasteiger partial charge in [-0.1, -0.05) is 23.7 Å². The fraction of sp³-hybridized carbons (Fsp3) is 0.0476. The zero-order chi connectivity index (χ0) is 23.7. The largest absolute Gasteiger partial charge is 0.456 e. The molecule has 0 radical (unpaired) electrons. The van der Waals surface area contributed by atoms with Crippen LogP contribution < -0.4 is 0 Å². The maximum absolute atomic E-state index is 12.7. The fourth-order valence-electron chi connectivity index (χ4n) is 3.11. The summed E-state index contributed by atoms with van der Waals surface area (Å²) in [6.45, 7) is -0.0413. The van der Waals surface area contributed by atoms with E-state index in [2.05, 4.69) is 0 Å². The SMILES string of the molecule is O=C1S/C(=C/c2ccc(-c3ccc(Cl)cc3[N+](=O)[O-])o2)C(=O)N1Cc1ccc([N+](=O)[O-])cc1. The predicted octanol–water partition coefficient (Wildman–Crippen LogP) is 5.65. The number of benzene rings is 2. The number of hydrogen-bond acceptors (Lipinski definition) is 8. The molecule has 4 rings (SSSR count). The van der Waals surface area contributed by atoms with E-state index in [1.165, 1.54) is 60.7 Å². The van der Waals surface area contributed by atoms with Crippen LogP contribution in [0.3, 0.4) is 0 Å². The molecular weight excluding hydrogens is 474 g/mol. The Labute approximate surface area is 194 Å². The van der Waals surface area contributed by atoms with E-state index in [4.69, 9.17) is 16.0 Å². The number of nitro groups is 2. The summed E-state index contributed by atoms with van der Waals surface area (Å²) in [4.78, 5) is 47.2. The Morgan fingerprint density at radius 1 is 1.00 bits per heavy atom. The first-order chi connectivity index (χ1) is 15.7. The van der Waals surface area contributed by atoms with Gasteiger partial charge in [0.15, 0.2) is 0 Å². The molecule has 0 spiro atoms. The van der Waals surface area contributed by atoms with Crippen LogP contribution in [0.15, 0.2) is 63.9 Å². The van der Waals surface area contributed by atoms with Gasteiger partial charge in [-0.25, -0.2) is 0 Å². The monoisotopic (exact) mass is 485 g/mol. The molecule has 2 amide bonds. The van der Waals surface area contributed by atoms with E-state index in [1.807, 2.05) is 0 Å². The molecule has 3 aromatic rings. The highest BCUT2D eigenvalue weighted by Crippen LogP contribution is 2.36. The molecule has 1 aromatic heterocycles. The Hall–Kier alpha value is -3.96. The van der Waals surface area contributed by atoms with E-state index < -0.39 is 21.0 Å². The van der Waals surface area contributed by atoms with Crippen molar-refractivity contribution in [3.63, 3.8) is 0 Å². The molecule has 2 aromatic carbocycles. The first-order valence-corrected chi connectivity index (χ1v) is 10.5. The number of furan rings is 1. The van der Waals surface area contributed by atoms with Gasteiger partial charge in [-0.2, -0.15) is 0 Å². The number of halogens is 1. The normalized spacial score (nSPS) is 14.8. The van der Waals surface area contributed by atoms with Crippen LogP contribution in [-0.4, -0.2) is 25.9 Å². The minimum absolute atomic E-state index is 0.0413. The van der Waals surface area contributed by atoms with E-state index in [1.54, 1.807) is 0 Å². The topological polar surface area (TPSA) is 137 Å². The summed E-state index contributed by atoms with van der Waals surface area (Å²) >= 11 is 6.56. The Morgan fingerprint density at radius 3 is 2.39 bits per heavy atom. The van der Waals surface area contributed by atoms with Crippen LogP contribution >= 0.6 is 23.4 Å². The first-order valence-electron chi connectivity index (χ1n) is 9.26. The van der Waals surface area contributed by atoms with Crippen LogP contribution in [0.25, 0.3) is 17.4 Å². The van der Waals surface area contributed by atoms with Crippen molar-refractivity contribution in [3.8, 4) is 11.3 Å². The molecule has 10 nitrogen and oxygen atoms in total. The summed E-state index contributed by atoms with van der Waals surface area (Å²) in [6, 6.07) is 12.8. The van der Waals surface area contributed by atoms with Crippen molar-refractivity contribution in [3.05, 3.63) is 96.1 Å². The molecule has 0 atom stereocenters. The maximum atomic E-state index is 12.7. The third-order valence-corrected chi connectivity index (χ3v) is 5.83. The van der Waals surface area contributed by atoms with Gasteiger partial charge in [0.2, 0.25) is 0 Å². The van der Waals surface area contributed by atoms with E-state index >= 15 is 0 Å². The van der Waals surface area contributed by atoms with Crippen molar-refractivity contribution in [1.82, 2.24) is 4.90 Å². The minimum atomic E-state index is -0.576. The van der Waals surface area contributed by atoms with Gasteiger partial charge in [0.1, 0.15) is 11.5 Å². The van der Waals surface area contributed by atoms with Crippen molar-refractivity contribution in [2.45, 2.75) is 6.54 Å². The summed E-state index contributed by atoms with van der Waals surface area (Å²) in [5.74, 6) is -0.108. The second-order valence-corrected chi connectivity index (χ2v) is 8.24. The number of imide groups is 1. The summed E-state index contributed by atoms with van der Waals surface area (Å²) in [5, 5.41) is 21.8. The minimum Gasteiger partial charge on any atom is -0.456 e. The summed E-state index contributed by atoms with van der Waals surface area (Å²) < 4.78 is 5.65. The van der Waals surface area contributed by atoms with Crippen LogP contribution in [0, 0.1) is 20.2 Å². The van der Waals surface area contributed by atoms with Gasteiger partial charge in [-0.3, -0.25) is 34.7 Å². The Morgan fingerprint density at radius 2 is 1.73 bits per heavy atom. The first kappa shape index (κ1) is 22.2. The lowest BCUT2D eigenvalue weighted by molar-refractivity contribution is -0.384. The zero-order valence-corrected chi connectivity index (χ0v) is 18.0. The number of rotatable bonds is 6. The highest BCUT2D eigenvalue weighted by Gasteiger charge is 2.35. The van der Waals surface area contributed by atoms with Crippen LogP contribution in [0.4, 0.5) is 16.2 Å². The highest BCUT2D eigenvalue weighted by atomic mass is 35.5. The van der Waals surface area contributed by atoms with Crippen molar-refractivity contribution >= 4 is 52.0 Å². The van der Waals surface area contributed by atoms with Gasteiger partial charge in [-0.15, -0.1) is 0 Å².